The van der Waals surface area contributed by atoms with Crippen molar-refractivity contribution in [3.8, 4) is 23.1 Å². The number of aromatic nitrogens is 3. The molecule has 5 heteroatoms. The lowest BCUT2D eigenvalue weighted by atomic mass is 9.78. The zero-order valence-electron chi connectivity index (χ0n) is 17.0. The van der Waals surface area contributed by atoms with E-state index in [1.54, 1.807) is 19.2 Å². The number of nitrogens with zero attached hydrogens (tertiary/aromatic N) is 3. The Morgan fingerprint density at radius 2 is 1.52 bits per heavy atom. The molecule has 0 amide bonds. The maximum atomic E-state index is 5.94. The van der Waals surface area contributed by atoms with Gasteiger partial charge >= 0.3 is 0 Å². The fourth-order valence-electron chi connectivity index (χ4n) is 3.21. The summed E-state index contributed by atoms with van der Waals surface area (Å²) in [4.78, 5) is 8.52. The Morgan fingerprint density at radius 1 is 0.862 bits per heavy atom. The Kier molecular flexibility index (Phi) is 4.89. The molecule has 0 atom stereocenters. The number of aryl methyl sites for hydroxylation is 2. The highest BCUT2D eigenvalue weighted by molar-refractivity contribution is 5.54. The summed E-state index contributed by atoms with van der Waals surface area (Å²) in [6, 6.07) is 20.4. The third-order valence-corrected chi connectivity index (χ3v) is 5.08. The lowest BCUT2D eigenvalue weighted by molar-refractivity contribution is 0.424. The molecule has 0 saturated heterocycles. The van der Waals surface area contributed by atoms with Crippen molar-refractivity contribution >= 4 is 0 Å². The highest BCUT2D eigenvalue weighted by Gasteiger charge is 2.23. The average Bonchev–Trinajstić information content (AvgIpc) is 3.15. The molecule has 5 nitrogen and oxygen atoms in total. The molecule has 0 N–H and O–H groups in total. The first kappa shape index (κ1) is 18.9. The van der Waals surface area contributed by atoms with Gasteiger partial charge < -0.3 is 9.26 Å². The van der Waals surface area contributed by atoms with Crippen molar-refractivity contribution in [3.63, 3.8) is 0 Å². The lowest BCUT2D eigenvalue weighted by Gasteiger charge is -2.26. The normalized spacial score (nSPS) is 11.4. The summed E-state index contributed by atoms with van der Waals surface area (Å²) in [7, 11) is 0. The van der Waals surface area contributed by atoms with Crippen molar-refractivity contribution < 1.29 is 9.26 Å². The maximum Gasteiger partial charge on any atom is 0.258 e. The van der Waals surface area contributed by atoms with Crippen LogP contribution in [-0.4, -0.2) is 15.1 Å². The maximum absolute atomic E-state index is 5.94. The predicted octanol–water partition coefficient (Wildman–Crippen LogP) is 5.87. The molecule has 0 fully saturated rings. The Hall–Kier alpha value is -3.47. The molecule has 0 aliphatic carbocycles. The van der Waals surface area contributed by atoms with E-state index in [2.05, 4.69) is 72.3 Å². The summed E-state index contributed by atoms with van der Waals surface area (Å²) in [5, 5.41) is 3.82. The Balaban J connectivity index is 1.53. The molecule has 0 bridgehead atoms. The van der Waals surface area contributed by atoms with Crippen molar-refractivity contribution in [1.29, 1.82) is 0 Å². The highest BCUT2D eigenvalue weighted by Crippen LogP contribution is 2.33. The van der Waals surface area contributed by atoms with Crippen molar-refractivity contribution in [2.45, 2.75) is 33.1 Å². The van der Waals surface area contributed by atoms with Gasteiger partial charge in [-0.1, -0.05) is 61.0 Å². The SMILES string of the molecule is Cc1ccc(C(C)(C)c2ccc(Oc3cc(-c4nc(C)no4)ccn3)cc2)cc1. The van der Waals surface area contributed by atoms with E-state index in [0.29, 0.717) is 17.6 Å². The Labute approximate surface area is 170 Å². The first-order valence-electron chi connectivity index (χ1n) is 9.54. The monoisotopic (exact) mass is 385 g/mol. The number of ether oxygens (including phenoxy) is 1. The van der Waals surface area contributed by atoms with E-state index >= 15 is 0 Å². The second-order valence-electron chi connectivity index (χ2n) is 7.65. The number of hydrogen-bond acceptors (Lipinski definition) is 5. The largest absolute Gasteiger partial charge is 0.439 e. The average molecular weight is 385 g/mol. The van der Waals surface area contributed by atoms with Crippen LogP contribution in [0.5, 0.6) is 11.6 Å². The van der Waals surface area contributed by atoms with Crippen LogP contribution in [0.3, 0.4) is 0 Å². The van der Waals surface area contributed by atoms with Crippen LogP contribution in [0.2, 0.25) is 0 Å². The number of hydrogen-bond donors (Lipinski definition) is 0. The van der Waals surface area contributed by atoms with Crippen LogP contribution in [0.4, 0.5) is 0 Å². The number of pyridine rings is 1. The van der Waals surface area contributed by atoms with Gasteiger partial charge in [0.05, 0.1) is 0 Å². The van der Waals surface area contributed by atoms with Crippen LogP contribution >= 0.6 is 0 Å². The molecule has 2 aromatic carbocycles. The number of rotatable bonds is 5. The zero-order valence-corrected chi connectivity index (χ0v) is 17.0. The summed E-state index contributed by atoms with van der Waals surface area (Å²) < 4.78 is 11.1. The van der Waals surface area contributed by atoms with E-state index in [9.17, 15) is 0 Å². The smallest absolute Gasteiger partial charge is 0.258 e. The van der Waals surface area contributed by atoms with Crippen LogP contribution in [0.15, 0.2) is 71.4 Å². The molecule has 0 unspecified atom stereocenters. The molecule has 0 spiro atoms. The van der Waals surface area contributed by atoms with E-state index in [0.717, 1.165) is 11.3 Å². The molecule has 0 aliphatic rings. The fourth-order valence-corrected chi connectivity index (χ4v) is 3.21. The third-order valence-electron chi connectivity index (χ3n) is 5.08. The topological polar surface area (TPSA) is 61.0 Å². The Morgan fingerprint density at radius 3 is 2.14 bits per heavy atom. The molecule has 0 aliphatic heterocycles. The van der Waals surface area contributed by atoms with Gasteiger partial charge in [0.1, 0.15) is 5.75 Å². The minimum Gasteiger partial charge on any atom is -0.439 e. The minimum absolute atomic E-state index is 0.0970. The van der Waals surface area contributed by atoms with Crippen LogP contribution in [0.1, 0.15) is 36.4 Å². The Bertz CT molecular complexity index is 1110. The van der Waals surface area contributed by atoms with Gasteiger partial charge in [-0.3, -0.25) is 0 Å². The van der Waals surface area contributed by atoms with Crippen LogP contribution in [0, 0.1) is 13.8 Å². The van der Waals surface area contributed by atoms with E-state index in [1.807, 2.05) is 18.2 Å². The standard InChI is InChI=1S/C24H23N3O2/c1-16-5-7-19(8-6-16)24(3,4)20-9-11-21(12-10-20)28-22-15-18(13-14-25-22)23-26-17(2)27-29-23/h5-15H,1-4H3. The summed E-state index contributed by atoms with van der Waals surface area (Å²) in [6.07, 6.45) is 1.67. The molecule has 2 heterocycles. The molecule has 146 valence electrons. The van der Waals surface area contributed by atoms with Crippen molar-refractivity contribution in [1.82, 2.24) is 15.1 Å². The van der Waals surface area contributed by atoms with Crippen LogP contribution in [0.25, 0.3) is 11.5 Å². The molecule has 0 radical (unpaired) electrons. The first-order chi connectivity index (χ1) is 13.9. The van der Waals surface area contributed by atoms with Crippen molar-refractivity contribution in [2.24, 2.45) is 0 Å². The molecular weight excluding hydrogens is 362 g/mol. The quantitative estimate of drug-likeness (QED) is 0.430. The molecule has 4 rings (SSSR count). The summed E-state index contributed by atoms with van der Waals surface area (Å²) >= 11 is 0. The van der Waals surface area contributed by atoms with Gasteiger partial charge in [0.2, 0.25) is 5.88 Å². The highest BCUT2D eigenvalue weighted by atomic mass is 16.5. The molecule has 0 saturated carbocycles. The van der Waals surface area contributed by atoms with Gasteiger partial charge in [-0.25, -0.2) is 4.98 Å². The number of benzene rings is 2. The van der Waals surface area contributed by atoms with E-state index in [-0.39, 0.29) is 5.41 Å². The van der Waals surface area contributed by atoms with Gasteiger partial charge in [0, 0.05) is 23.2 Å². The van der Waals surface area contributed by atoms with Crippen molar-refractivity contribution in [2.75, 3.05) is 0 Å². The lowest BCUT2D eigenvalue weighted by Crippen LogP contribution is -2.18. The second kappa shape index (κ2) is 7.51. The third kappa shape index (κ3) is 4.04. The van der Waals surface area contributed by atoms with Crippen molar-refractivity contribution in [3.05, 3.63) is 89.4 Å². The van der Waals surface area contributed by atoms with Crippen LogP contribution in [-0.2, 0) is 5.41 Å². The summed E-state index contributed by atoms with van der Waals surface area (Å²) in [5.41, 5.74) is 4.43. The van der Waals surface area contributed by atoms with E-state index in [4.69, 9.17) is 9.26 Å². The summed E-state index contributed by atoms with van der Waals surface area (Å²) in [6.45, 7) is 8.34. The van der Waals surface area contributed by atoms with E-state index in [1.165, 1.54) is 16.7 Å². The van der Waals surface area contributed by atoms with Gasteiger partial charge in [-0.2, -0.15) is 4.98 Å². The van der Waals surface area contributed by atoms with Crippen LogP contribution < -0.4 is 4.74 Å². The molecular formula is C24H23N3O2. The fraction of sp³-hybridized carbons (Fsp3) is 0.208. The van der Waals surface area contributed by atoms with Gasteiger partial charge in [0.15, 0.2) is 5.82 Å². The molecule has 2 aromatic heterocycles. The van der Waals surface area contributed by atoms with E-state index < -0.39 is 0 Å². The van der Waals surface area contributed by atoms with Gasteiger partial charge in [-0.05, 0) is 43.2 Å². The molecule has 29 heavy (non-hydrogen) atoms. The van der Waals surface area contributed by atoms with Gasteiger partial charge in [-0.15, -0.1) is 0 Å². The summed E-state index contributed by atoms with van der Waals surface area (Å²) in [5.74, 6) is 2.24. The predicted molar refractivity (Wildman–Crippen MR) is 112 cm³/mol. The first-order valence-corrected chi connectivity index (χ1v) is 9.54. The second-order valence-corrected chi connectivity index (χ2v) is 7.65. The zero-order chi connectivity index (χ0) is 20.4. The van der Waals surface area contributed by atoms with Gasteiger partial charge in [0.25, 0.3) is 5.89 Å². The molecule has 4 aromatic rings. The minimum atomic E-state index is -0.0970.